The predicted octanol–water partition coefficient (Wildman–Crippen LogP) is 5.40. The van der Waals surface area contributed by atoms with E-state index in [0.717, 1.165) is 41.8 Å². The summed E-state index contributed by atoms with van der Waals surface area (Å²) in [5.41, 5.74) is 1.20. The van der Waals surface area contributed by atoms with Crippen LogP contribution in [0.25, 0.3) is 16.5 Å². The smallest absolute Gasteiger partial charge is 0.857 e. The summed E-state index contributed by atoms with van der Waals surface area (Å²) in [6, 6.07) is 23.6. The van der Waals surface area contributed by atoms with Crippen LogP contribution in [-0.4, -0.2) is 47.8 Å². The van der Waals surface area contributed by atoms with Gasteiger partial charge >= 0.3 is 1.43 Å². The van der Waals surface area contributed by atoms with Crippen molar-refractivity contribution in [1.82, 2.24) is 9.78 Å². The molecule has 0 atom stereocenters. The summed E-state index contributed by atoms with van der Waals surface area (Å²) < 4.78 is 46.9. The fraction of sp³-hybridized carbons (Fsp3) is 0.0588. The number of phenols is 3. The Morgan fingerprint density at radius 2 is 1.25 bits per heavy atom. The van der Waals surface area contributed by atoms with Crippen molar-refractivity contribution < 1.29 is 60.8 Å². The van der Waals surface area contributed by atoms with Crippen LogP contribution in [0.15, 0.2) is 127 Å². The maximum atomic E-state index is 12.5. The van der Waals surface area contributed by atoms with Crippen molar-refractivity contribution in [2.24, 2.45) is 30.7 Å². The number of phenolic OH excluding ortho intramolecular Hbond substituents is 3. The molecular formula is C34H31CrN9O9S2. The fourth-order valence-corrected chi connectivity index (χ4v) is 5.83. The third-order valence-electron chi connectivity index (χ3n) is 7.35. The Labute approximate surface area is 325 Å². The topological polar surface area (TPSA) is 300 Å². The van der Waals surface area contributed by atoms with Crippen molar-refractivity contribution in [3.8, 4) is 28.8 Å². The number of hydrogen-bond acceptors (Lipinski definition) is 14. The number of rotatable bonds is 8. The Morgan fingerprint density at radius 1 is 0.745 bits per heavy atom. The summed E-state index contributed by atoms with van der Waals surface area (Å²) in [6.45, 7) is 2.96. The second kappa shape index (κ2) is 16.9. The number of sulfonamides is 2. The Balaban J connectivity index is 0.000000291. The number of nitrogens with one attached hydrogen (secondary N) is 1. The van der Waals surface area contributed by atoms with Crippen molar-refractivity contribution in [3.63, 3.8) is 0 Å². The van der Waals surface area contributed by atoms with E-state index >= 15 is 0 Å². The number of carbonyl (C=O) groups excluding carboxylic acids is 1. The van der Waals surface area contributed by atoms with E-state index in [0.29, 0.717) is 22.5 Å². The number of nitrogens with two attached hydrogens (primary N) is 2. The Bertz CT molecular complexity index is 2700. The van der Waals surface area contributed by atoms with Crippen molar-refractivity contribution in [2.45, 2.75) is 23.6 Å². The number of aryl methyl sites for hydroxylation is 1. The van der Waals surface area contributed by atoms with Gasteiger partial charge in [-0.3, -0.25) is 4.79 Å². The van der Waals surface area contributed by atoms with Crippen molar-refractivity contribution in [3.05, 3.63) is 103 Å². The maximum absolute atomic E-state index is 12.5. The molecule has 0 unspecified atom stereocenters. The minimum Gasteiger partial charge on any atom is -0.857 e. The third kappa shape index (κ3) is 10.1. The molecule has 8 N–H and O–H groups in total. The van der Waals surface area contributed by atoms with Crippen LogP contribution in [0.5, 0.6) is 23.1 Å². The molecule has 0 fully saturated rings. The van der Waals surface area contributed by atoms with Crippen LogP contribution in [-0.2, 0) is 42.2 Å². The van der Waals surface area contributed by atoms with Gasteiger partial charge < -0.3 is 25.7 Å². The van der Waals surface area contributed by atoms with Crippen LogP contribution in [0.4, 0.5) is 28.4 Å². The third-order valence-corrected chi connectivity index (χ3v) is 9.17. The van der Waals surface area contributed by atoms with E-state index in [1.54, 1.807) is 55.5 Å². The summed E-state index contributed by atoms with van der Waals surface area (Å²) in [4.78, 5) is 10.8. The van der Waals surface area contributed by atoms with Crippen LogP contribution in [0, 0.1) is 6.92 Å². The average molecular weight is 826 g/mol. The van der Waals surface area contributed by atoms with E-state index in [-0.39, 0.29) is 74.5 Å². The van der Waals surface area contributed by atoms with Crippen LogP contribution in [0.2, 0.25) is 0 Å². The second-order valence-electron chi connectivity index (χ2n) is 11.3. The van der Waals surface area contributed by atoms with E-state index in [4.69, 9.17) is 10.3 Å². The number of fused-ring (bicyclic) bond motifs is 1. The van der Waals surface area contributed by atoms with Gasteiger partial charge in [0.05, 0.1) is 21.2 Å². The van der Waals surface area contributed by atoms with Gasteiger partial charge in [0.15, 0.2) is 0 Å². The first kappa shape index (κ1) is 41.5. The summed E-state index contributed by atoms with van der Waals surface area (Å²) in [5.74, 6) is -1.54. The number of carbonyl (C=O) groups is 1. The van der Waals surface area contributed by atoms with E-state index in [1.807, 2.05) is 6.07 Å². The number of benzene rings is 5. The minimum absolute atomic E-state index is 0. The number of azo groups is 2. The van der Waals surface area contributed by atoms with Gasteiger partial charge in [-0.1, -0.05) is 30.3 Å². The molecule has 0 saturated heterocycles. The molecule has 0 saturated carbocycles. The predicted molar refractivity (Wildman–Crippen MR) is 196 cm³/mol. The molecule has 0 spiro atoms. The molecule has 18 nitrogen and oxygen atoms in total. The van der Waals surface area contributed by atoms with Gasteiger partial charge in [-0.15, -0.1) is 20.5 Å². The molecule has 0 aliphatic carbocycles. The average Bonchev–Trinajstić information content (AvgIpc) is 3.39. The largest absolute Gasteiger partial charge is 1.00 e. The summed E-state index contributed by atoms with van der Waals surface area (Å²) >= 11 is 0. The quantitative estimate of drug-likeness (QED) is 0.106. The zero-order valence-electron chi connectivity index (χ0n) is 29.6. The normalized spacial score (nSPS) is 11.6. The molecule has 0 bridgehead atoms. The number of aromatic nitrogens is 2. The molecule has 6 aromatic rings. The summed E-state index contributed by atoms with van der Waals surface area (Å²) in [7, 11) is -7.95. The van der Waals surface area contributed by atoms with Crippen molar-refractivity contribution in [1.29, 1.82) is 0 Å². The van der Waals surface area contributed by atoms with E-state index in [2.05, 4.69) is 30.9 Å². The number of amides is 1. The molecule has 55 heavy (non-hydrogen) atoms. The van der Waals surface area contributed by atoms with Crippen LogP contribution in [0.1, 0.15) is 14.0 Å². The van der Waals surface area contributed by atoms with Gasteiger partial charge in [0.2, 0.25) is 26.0 Å². The first-order valence-electron chi connectivity index (χ1n) is 15.3. The molecule has 21 heteroatoms. The number of primary sulfonamides is 2. The molecule has 1 amide bonds. The van der Waals surface area contributed by atoms with E-state index in [1.165, 1.54) is 17.7 Å². The van der Waals surface area contributed by atoms with E-state index < -0.39 is 25.9 Å². The van der Waals surface area contributed by atoms with Crippen LogP contribution >= 0.6 is 0 Å². The van der Waals surface area contributed by atoms with Crippen molar-refractivity contribution >= 4 is 65.2 Å². The molecular weight excluding hydrogens is 795 g/mol. The molecule has 0 aliphatic heterocycles. The SMILES string of the molecule is CC(=O)Nc1ccc2ccc(O)c(N=Nc3cc(S(N)(=O)=O)ccc3O)c2c1.Cc1nn(-c2ccccc2)c([O-])c1N=Nc1cc(S(N)(=O)=O)ccc1O.[Cr].[H+]. The Morgan fingerprint density at radius 3 is 1.78 bits per heavy atom. The number of nitrogens with zero attached hydrogens (tertiary/aromatic N) is 6. The van der Waals surface area contributed by atoms with Crippen LogP contribution in [0.3, 0.4) is 0 Å². The Hall–Kier alpha value is -6.21. The van der Waals surface area contributed by atoms with Crippen LogP contribution < -0.4 is 20.7 Å². The number of hydrogen-bond donors (Lipinski definition) is 6. The first-order valence-corrected chi connectivity index (χ1v) is 18.4. The van der Waals surface area contributed by atoms with Gasteiger partial charge in [0.25, 0.3) is 0 Å². The maximum Gasteiger partial charge on any atom is 1.00 e. The van der Waals surface area contributed by atoms with Gasteiger partial charge in [-0.05, 0) is 79.0 Å². The molecule has 0 aliphatic rings. The molecule has 1 heterocycles. The standard InChI is InChI=1S/C18H16N4O5S.C16H15N5O4S.Cr/c1-10(23)20-12-4-2-11-3-6-17(25)18(14(11)8-12)22-21-15-9-13(28(19,26)27)5-7-16(15)24;1-10-15(16(23)21(20-10)11-5-3-2-4-6-11)19-18-13-9-12(26(17,24)25)7-8-14(13)22;/h2-9,24-25H,1H3,(H,20,23)(H2,19,26,27);2-9,22-23H,1H3,(H2,17,24,25);. The zero-order chi connectivity index (χ0) is 39.4. The number of anilines is 1. The monoisotopic (exact) mass is 825 g/mol. The van der Waals surface area contributed by atoms with Gasteiger partial charge in [0, 0.05) is 41.2 Å². The van der Waals surface area contributed by atoms with Gasteiger partial charge in [-0.25, -0.2) is 31.8 Å². The summed E-state index contributed by atoms with van der Waals surface area (Å²) in [5, 5.41) is 76.0. The number of para-hydroxylation sites is 1. The van der Waals surface area contributed by atoms with Crippen molar-refractivity contribution in [2.75, 3.05) is 5.32 Å². The fourth-order valence-electron chi connectivity index (χ4n) is 4.76. The molecule has 1 aromatic heterocycles. The summed E-state index contributed by atoms with van der Waals surface area (Å²) in [6.07, 6.45) is 0. The molecule has 0 radical (unpaired) electrons. The first-order chi connectivity index (χ1) is 25.4. The number of aromatic hydroxyl groups is 3. The molecule has 6 rings (SSSR count). The second-order valence-corrected chi connectivity index (χ2v) is 14.5. The van der Waals surface area contributed by atoms with Gasteiger partial charge in [-0.2, -0.15) is 5.10 Å². The minimum atomic E-state index is -3.99. The van der Waals surface area contributed by atoms with E-state index in [9.17, 15) is 42.1 Å². The zero-order valence-corrected chi connectivity index (χ0v) is 31.5. The Kier molecular flexibility index (Phi) is 12.7. The molecule has 5 aromatic carbocycles. The van der Waals surface area contributed by atoms with Gasteiger partial charge in [0.1, 0.15) is 40.0 Å². The molecule has 284 valence electrons.